The number of aliphatic hydroxyl groups is 1. The first-order chi connectivity index (χ1) is 13.6. The molecular weight excluding hydrogens is 352 g/mol. The lowest BCUT2D eigenvalue weighted by atomic mass is 10.0. The average molecular weight is 383 g/mol. The van der Waals surface area contributed by atoms with Crippen LogP contribution in [0.1, 0.15) is 41.7 Å². The number of aliphatic hydroxyl groups excluding tert-OH is 1. The number of β-amino-alcohol motifs (C(OH)–C–C–N with tert-alkyl or cyclic N) is 1. The molecule has 1 saturated heterocycles. The largest absolute Gasteiger partial charge is 0.392 e. The molecule has 2 atom stereocenters. The van der Waals surface area contributed by atoms with Gasteiger partial charge in [-0.3, -0.25) is 9.69 Å². The van der Waals surface area contributed by atoms with E-state index in [0.29, 0.717) is 18.7 Å². The predicted octanol–water partition coefficient (Wildman–Crippen LogP) is 2.47. The highest BCUT2D eigenvalue weighted by Crippen LogP contribution is 2.26. The Balaban J connectivity index is 1.76. The highest BCUT2D eigenvalue weighted by molar-refractivity contribution is 5.94. The van der Waals surface area contributed by atoms with Crippen LogP contribution in [-0.2, 0) is 0 Å². The second-order valence-corrected chi connectivity index (χ2v) is 7.40. The first-order valence-corrected chi connectivity index (χ1v) is 10.0. The molecule has 2 aromatic rings. The molecule has 1 amide bonds. The summed E-state index contributed by atoms with van der Waals surface area (Å²) < 4.78 is 0. The summed E-state index contributed by atoms with van der Waals surface area (Å²) in [6.45, 7) is 5.12. The van der Waals surface area contributed by atoms with Gasteiger partial charge in [0.05, 0.1) is 17.7 Å². The van der Waals surface area contributed by atoms with Crippen molar-refractivity contribution in [2.24, 2.45) is 0 Å². The number of hydrogen-bond donors (Lipinski definition) is 2. The van der Waals surface area contributed by atoms with E-state index in [4.69, 9.17) is 0 Å². The van der Waals surface area contributed by atoms with Gasteiger partial charge in [0.15, 0.2) is 0 Å². The van der Waals surface area contributed by atoms with E-state index in [9.17, 15) is 9.90 Å². The normalized spacial score (nSPS) is 18.0. The Morgan fingerprint density at radius 3 is 2.71 bits per heavy atom. The van der Waals surface area contributed by atoms with E-state index in [-0.39, 0.29) is 18.1 Å². The number of benzene rings is 1. The zero-order valence-corrected chi connectivity index (χ0v) is 16.7. The monoisotopic (exact) mass is 382 g/mol. The van der Waals surface area contributed by atoms with Gasteiger partial charge >= 0.3 is 0 Å². The number of hydrogen-bond acceptors (Lipinski definition) is 5. The number of nitrogens with one attached hydrogen (secondary N) is 1. The van der Waals surface area contributed by atoms with Crippen molar-refractivity contribution in [2.45, 2.75) is 31.9 Å². The maximum Gasteiger partial charge on any atom is 0.252 e. The molecule has 6 nitrogen and oxygen atoms in total. The Labute approximate surface area is 167 Å². The number of likely N-dealkylation sites (N-methyl/N-ethyl adjacent to an activating group) is 1. The van der Waals surface area contributed by atoms with Gasteiger partial charge in [0, 0.05) is 39.4 Å². The summed E-state index contributed by atoms with van der Waals surface area (Å²) in [4.78, 5) is 21.1. The van der Waals surface area contributed by atoms with Crippen molar-refractivity contribution in [2.75, 3.05) is 38.1 Å². The molecule has 1 aromatic carbocycles. The molecule has 1 aromatic heterocycles. The third kappa shape index (κ3) is 5.09. The number of nitrogens with zero attached hydrogens (tertiary/aromatic N) is 3. The lowest BCUT2D eigenvalue weighted by Gasteiger charge is -2.33. The molecule has 3 rings (SSSR count). The molecule has 1 aliphatic rings. The molecule has 2 heterocycles. The van der Waals surface area contributed by atoms with E-state index in [1.165, 1.54) is 5.56 Å². The first-order valence-electron chi connectivity index (χ1n) is 10.0. The van der Waals surface area contributed by atoms with E-state index in [0.717, 1.165) is 31.7 Å². The SMILES string of the molecule is CCCNC(=O)c1ccc(N(C)[C@H](CN2CC[C@H](O)C2)c2ccccc2)nc1. The van der Waals surface area contributed by atoms with E-state index in [1.54, 1.807) is 6.20 Å². The smallest absolute Gasteiger partial charge is 0.252 e. The first kappa shape index (κ1) is 20.3. The summed E-state index contributed by atoms with van der Waals surface area (Å²) in [6.07, 6.45) is 3.13. The number of carbonyl (C=O) groups excluding carboxylic acids is 1. The van der Waals surface area contributed by atoms with E-state index >= 15 is 0 Å². The van der Waals surface area contributed by atoms with Crippen LogP contribution in [0, 0.1) is 0 Å². The van der Waals surface area contributed by atoms with Gasteiger partial charge in [-0.15, -0.1) is 0 Å². The fraction of sp³-hybridized carbons (Fsp3) is 0.455. The van der Waals surface area contributed by atoms with Crippen molar-refractivity contribution in [1.29, 1.82) is 0 Å². The third-order valence-electron chi connectivity index (χ3n) is 5.24. The van der Waals surface area contributed by atoms with Crippen LogP contribution in [0.2, 0.25) is 0 Å². The lowest BCUT2D eigenvalue weighted by Crippen LogP contribution is -2.36. The van der Waals surface area contributed by atoms with Gasteiger partial charge in [-0.25, -0.2) is 4.98 Å². The second kappa shape index (κ2) is 9.66. The van der Waals surface area contributed by atoms with Crippen molar-refractivity contribution < 1.29 is 9.90 Å². The Morgan fingerprint density at radius 2 is 2.11 bits per heavy atom. The van der Waals surface area contributed by atoms with Crippen LogP contribution in [0.15, 0.2) is 48.7 Å². The molecule has 28 heavy (non-hydrogen) atoms. The Hall–Kier alpha value is -2.44. The summed E-state index contributed by atoms with van der Waals surface area (Å²) in [5.74, 6) is 0.731. The van der Waals surface area contributed by atoms with Gasteiger partial charge in [0.25, 0.3) is 5.91 Å². The van der Waals surface area contributed by atoms with E-state index in [2.05, 4.69) is 32.2 Å². The molecule has 0 spiro atoms. The van der Waals surface area contributed by atoms with Crippen molar-refractivity contribution in [3.8, 4) is 0 Å². The lowest BCUT2D eigenvalue weighted by molar-refractivity contribution is 0.0953. The molecule has 0 saturated carbocycles. The van der Waals surface area contributed by atoms with Crippen LogP contribution in [-0.4, -0.2) is 60.2 Å². The molecule has 0 bridgehead atoms. The molecule has 150 valence electrons. The van der Waals surface area contributed by atoms with E-state index in [1.807, 2.05) is 44.3 Å². The Bertz CT molecular complexity index is 751. The summed E-state index contributed by atoms with van der Waals surface area (Å²) in [5.41, 5.74) is 1.78. The van der Waals surface area contributed by atoms with Gasteiger partial charge in [0.1, 0.15) is 5.82 Å². The molecule has 0 radical (unpaired) electrons. The number of anilines is 1. The number of amides is 1. The molecule has 0 aliphatic carbocycles. The minimum absolute atomic E-state index is 0.0887. The van der Waals surface area contributed by atoms with Crippen LogP contribution < -0.4 is 10.2 Å². The van der Waals surface area contributed by atoms with Gasteiger partial charge in [-0.2, -0.15) is 0 Å². The summed E-state index contributed by atoms with van der Waals surface area (Å²) in [6, 6.07) is 14.2. The van der Waals surface area contributed by atoms with Gasteiger partial charge in [-0.05, 0) is 30.5 Å². The standard InChI is InChI=1S/C22H30N4O2/c1-3-12-23-22(28)18-9-10-21(24-14-18)25(2)20(17-7-5-4-6-8-17)16-26-13-11-19(27)15-26/h4-10,14,19-20,27H,3,11-13,15-16H2,1-2H3,(H,23,28)/t19-,20+/m0/s1. The topological polar surface area (TPSA) is 68.7 Å². The maximum atomic E-state index is 12.1. The van der Waals surface area contributed by atoms with Crippen molar-refractivity contribution in [3.05, 3.63) is 59.8 Å². The average Bonchev–Trinajstić information content (AvgIpc) is 3.15. The van der Waals surface area contributed by atoms with Crippen LogP contribution in [0.3, 0.4) is 0 Å². The van der Waals surface area contributed by atoms with Crippen LogP contribution in [0.4, 0.5) is 5.82 Å². The highest BCUT2D eigenvalue weighted by atomic mass is 16.3. The summed E-state index contributed by atoms with van der Waals surface area (Å²) in [5, 5.41) is 12.8. The number of aromatic nitrogens is 1. The minimum Gasteiger partial charge on any atom is -0.392 e. The van der Waals surface area contributed by atoms with Crippen molar-refractivity contribution >= 4 is 11.7 Å². The van der Waals surface area contributed by atoms with Crippen LogP contribution in [0.25, 0.3) is 0 Å². The van der Waals surface area contributed by atoms with Gasteiger partial charge < -0.3 is 15.3 Å². The molecule has 2 N–H and O–H groups in total. The van der Waals surface area contributed by atoms with Crippen LogP contribution >= 0.6 is 0 Å². The van der Waals surface area contributed by atoms with Crippen molar-refractivity contribution in [1.82, 2.24) is 15.2 Å². The van der Waals surface area contributed by atoms with Crippen molar-refractivity contribution in [3.63, 3.8) is 0 Å². The minimum atomic E-state index is -0.235. The molecule has 1 fully saturated rings. The third-order valence-corrected chi connectivity index (χ3v) is 5.24. The molecule has 6 heteroatoms. The molecular formula is C22H30N4O2. The Kier molecular flexibility index (Phi) is 7.01. The second-order valence-electron chi connectivity index (χ2n) is 7.40. The fourth-order valence-electron chi connectivity index (χ4n) is 3.58. The van der Waals surface area contributed by atoms with Crippen LogP contribution in [0.5, 0.6) is 0 Å². The maximum absolute atomic E-state index is 12.1. The number of pyridine rings is 1. The molecule has 0 unspecified atom stereocenters. The van der Waals surface area contributed by atoms with Gasteiger partial charge in [0.2, 0.25) is 0 Å². The zero-order valence-electron chi connectivity index (χ0n) is 16.7. The summed E-state index contributed by atoms with van der Waals surface area (Å²) >= 11 is 0. The summed E-state index contributed by atoms with van der Waals surface area (Å²) in [7, 11) is 2.03. The fourth-order valence-corrected chi connectivity index (χ4v) is 3.58. The number of rotatable bonds is 8. The number of carbonyl (C=O) groups is 1. The highest BCUT2D eigenvalue weighted by Gasteiger charge is 2.26. The molecule has 1 aliphatic heterocycles. The predicted molar refractivity (Wildman–Crippen MR) is 112 cm³/mol. The Morgan fingerprint density at radius 1 is 1.32 bits per heavy atom. The number of likely N-dealkylation sites (tertiary alicyclic amines) is 1. The van der Waals surface area contributed by atoms with Gasteiger partial charge in [-0.1, -0.05) is 37.3 Å². The quantitative estimate of drug-likeness (QED) is 0.734. The zero-order chi connectivity index (χ0) is 19.9. The van der Waals surface area contributed by atoms with E-state index < -0.39 is 0 Å².